The minimum Gasteiger partial charge on any atom is -0.481 e. The van der Waals surface area contributed by atoms with Crippen molar-refractivity contribution in [2.45, 2.75) is 70.1 Å². The average Bonchev–Trinajstić information content (AvgIpc) is 2.68. The first-order chi connectivity index (χ1) is 13.0. The Morgan fingerprint density at radius 3 is 2.30 bits per heavy atom. The third kappa shape index (κ3) is 5.81. The Morgan fingerprint density at radius 2 is 1.70 bits per heavy atom. The maximum atomic E-state index is 13.7. The number of hydrogen-bond donors (Lipinski definition) is 1. The van der Waals surface area contributed by atoms with E-state index in [1.165, 1.54) is 38.5 Å². The SMILES string of the molecule is O=C(O)CCC=C[C@H]1CC[C@H]([C@H]2CC[C@H](c3ccc(Cl)c(F)c3)CC2)CC1. The highest BCUT2D eigenvalue weighted by atomic mass is 35.5. The molecule has 0 atom stereocenters. The van der Waals surface area contributed by atoms with Crippen LogP contribution in [0.2, 0.25) is 5.02 Å². The summed E-state index contributed by atoms with van der Waals surface area (Å²) in [6.07, 6.45) is 15.0. The highest BCUT2D eigenvalue weighted by Crippen LogP contribution is 2.44. The quantitative estimate of drug-likeness (QED) is 0.530. The molecule has 148 valence electrons. The number of carboxylic acid groups (broad SMARTS) is 1. The first-order valence-electron chi connectivity index (χ1n) is 10.4. The molecule has 1 N–H and O–H groups in total. The molecule has 0 heterocycles. The summed E-state index contributed by atoms with van der Waals surface area (Å²) >= 11 is 5.80. The molecule has 2 saturated carbocycles. The number of carbonyl (C=O) groups is 1. The smallest absolute Gasteiger partial charge is 0.303 e. The molecule has 4 heteroatoms. The Kier molecular flexibility index (Phi) is 7.34. The van der Waals surface area contributed by atoms with Gasteiger partial charge >= 0.3 is 5.97 Å². The fourth-order valence-corrected chi connectivity index (χ4v) is 5.11. The Labute approximate surface area is 166 Å². The van der Waals surface area contributed by atoms with Crippen LogP contribution in [0.4, 0.5) is 4.39 Å². The summed E-state index contributed by atoms with van der Waals surface area (Å²) in [5.41, 5.74) is 1.10. The first kappa shape index (κ1) is 20.4. The zero-order valence-corrected chi connectivity index (χ0v) is 16.6. The summed E-state index contributed by atoms with van der Waals surface area (Å²) in [6.45, 7) is 0. The van der Waals surface area contributed by atoms with Gasteiger partial charge in [0.2, 0.25) is 0 Å². The summed E-state index contributed by atoms with van der Waals surface area (Å²) in [7, 11) is 0. The summed E-state index contributed by atoms with van der Waals surface area (Å²) < 4.78 is 13.7. The van der Waals surface area contributed by atoms with Gasteiger partial charge in [0.05, 0.1) is 5.02 Å². The minimum atomic E-state index is -0.722. The molecule has 0 spiro atoms. The maximum Gasteiger partial charge on any atom is 0.303 e. The molecule has 0 aromatic heterocycles. The van der Waals surface area contributed by atoms with Gasteiger partial charge in [0.1, 0.15) is 5.82 Å². The Bertz CT molecular complexity index is 656. The number of hydrogen-bond acceptors (Lipinski definition) is 1. The fraction of sp³-hybridized carbons (Fsp3) is 0.609. The van der Waals surface area contributed by atoms with E-state index in [1.54, 1.807) is 12.1 Å². The second-order valence-electron chi connectivity index (χ2n) is 8.32. The fourth-order valence-electron chi connectivity index (χ4n) is 4.99. The molecule has 2 fully saturated rings. The molecule has 27 heavy (non-hydrogen) atoms. The van der Waals surface area contributed by atoms with Crippen molar-refractivity contribution < 1.29 is 14.3 Å². The molecule has 1 aromatic carbocycles. The first-order valence-corrected chi connectivity index (χ1v) is 10.7. The van der Waals surface area contributed by atoms with Gasteiger partial charge in [0.25, 0.3) is 0 Å². The number of aliphatic carboxylic acids is 1. The van der Waals surface area contributed by atoms with Gasteiger partial charge in [-0.1, -0.05) is 29.8 Å². The van der Waals surface area contributed by atoms with Crippen LogP contribution in [0.25, 0.3) is 0 Å². The third-order valence-electron chi connectivity index (χ3n) is 6.60. The van der Waals surface area contributed by atoms with Gasteiger partial charge in [0.15, 0.2) is 0 Å². The monoisotopic (exact) mass is 392 g/mol. The van der Waals surface area contributed by atoms with Crippen LogP contribution in [0.5, 0.6) is 0 Å². The van der Waals surface area contributed by atoms with E-state index in [9.17, 15) is 9.18 Å². The molecule has 0 bridgehead atoms. The number of allylic oxidation sites excluding steroid dienone is 2. The van der Waals surface area contributed by atoms with Crippen LogP contribution in [0.15, 0.2) is 30.4 Å². The Hall–Kier alpha value is -1.35. The van der Waals surface area contributed by atoms with E-state index in [1.807, 2.05) is 6.07 Å². The average molecular weight is 393 g/mol. The number of benzene rings is 1. The van der Waals surface area contributed by atoms with Crippen molar-refractivity contribution >= 4 is 17.6 Å². The lowest BCUT2D eigenvalue weighted by molar-refractivity contribution is -0.136. The van der Waals surface area contributed by atoms with Crippen LogP contribution in [0, 0.1) is 23.6 Å². The molecule has 0 amide bonds. The van der Waals surface area contributed by atoms with Crippen LogP contribution >= 0.6 is 11.6 Å². The van der Waals surface area contributed by atoms with Crippen molar-refractivity contribution in [1.29, 1.82) is 0 Å². The standard InChI is InChI=1S/C23H30ClFO2/c24-21-14-13-20(15-22(21)25)19-11-9-18(10-12-19)17-7-5-16(6-8-17)3-1-2-4-23(26)27/h1,3,13-19H,2,4-12H2,(H,26,27)/t16-,17-,18-,19-. The predicted molar refractivity (Wildman–Crippen MR) is 108 cm³/mol. The van der Waals surface area contributed by atoms with Gasteiger partial charge in [-0.25, -0.2) is 4.39 Å². The zero-order valence-electron chi connectivity index (χ0n) is 15.9. The number of carboxylic acids is 1. The molecule has 1 aromatic rings. The van der Waals surface area contributed by atoms with E-state index in [0.717, 1.165) is 30.2 Å². The van der Waals surface area contributed by atoms with Crippen molar-refractivity contribution in [3.05, 3.63) is 46.8 Å². The van der Waals surface area contributed by atoms with Gasteiger partial charge in [-0.3, -0.25) is 4.79 Å². The molecule has 0 radical (unpaired) electrons. The lowest BCUT2D eigenvalue weighted by Gasteiger charge is -2.37. The lowest BCUT2D eigenvalue weighted by Crippen LogP contribution is -2.25. The Balaban J connectivity index is 1.41. The van der Waals surface area contributed by atoms with Gasteiger partial charge in [-0.15, -0.1) is 0 Å². The molecule has 0 aliphatic heterocycles. The van der Waals surface area contributed by atoms with E-state index in [4.69, 9.17) is 16.7 Å². The van der Waals surface area contributed by atoms with Crippen molar-refractivity contribution in [3.63, 3.8) is 0 Å². The van der Waals surface area contributed by atoms with Crippen LogP contribution in [0.3, 0.4) is 0 Å². The topological polar surface area (TPSA) is 37.3 Å². The van der Waals surface area contributed by atoms with E-state index >= 15 is 0 Å². The van der Waals surface area contributed by atoms with E-state index in [0.29, 0.717) is 18.3 Å². The summed E-state index contributed by atoms with van der Waals surface area (Å²) in [6, 6.07) is 5.29. The van der Waals surface area contributed by atoms with Gasteiger partial charge < -0.3 is 5.11 Å². The van der Waals surface area contributed by atoms with Gasteiger partial charge in [-0.05, 0) is 99.2 Å². The van der Waals surface area contributed by atoms with Crippen molar-refractivity contribution in [2.75, 3.05) is 0 Å². The van der Waals surface area contributed by atoms with Crippen molar-refractivity contribution in [1.82, 2.24) is 0 Å². The molecule has 2 nitrogen and oxygen atoms in total. The number of halogens is 2. The van der Waals surface area contributed by atoms with E-state index in [2.05, 4.69) is 12.2 Å². The van der Waals surface area contributed by atoms with Crippen LogP contribution < -0.4 is 0 Å². The molecule has 0 unspecified atom stereocenters. The highest BCUT2D eigenvalue weighted by molar-refractivity contribution is 6.30. The van der Waals surface area contributed by atoms with Gasteiger partial charge in [0, 0.05) is 6.42 Å². The molecule has 3 rings (SSSR count). The largest absolute Gasteiger partial charge is 0.481 e. The zero-order chi connectivity index (χ0) is 19.2. The van der Waals surface area contributed by atoms with Crippen LogP contribution in [0.1, 0.15) is 75.7 Å². The lowest BCUT2D eigenvalue weighted by atomic mass is 9.68. The molecular formula is C23H30ClFO2. The molecule has 2 aliphatic rings. The van der Waals surface area contributed by atoms with E-state index in [-0.39, 0.29) is 17.3 Å². The van der Waals surface area contributed by atoms with Crippen LogP contribution in [-0.4, -0.2) is 11.1 Å². The number of rotatable bonds is 6. The Morgan fingerprint density at radius 1 is 1.07 bits per heavy atom. The predicted octanol–water partition coefficient (Wildman–Crippen LogP) is 6.98. The van der Waals surface area contributed by atoms with Crippen molar-refractivity contribution in [2.24, 2.45) is 17.8 Å². The second kappa shape index (κ2) is 9.73. The molecular weight excluding hydrogens is 363 g/mol. The summed E-state index contributed by atoms with van der Waals surface area (Å²) in [5, 5.41) is 8.90. The molecule has 0 saturated heterocycles. The van der Waals surface area contributed by atoms with Gasteiger partial charge in [-0.2, -0.15) is 0 Å². The summed E-state index contributed by atoms with van der Waals surface area (Å²) in [4.78, 5) is 10.6. The highest BCUT2D eigenvalue weighted by Gasteiger charge is 2.30. The summed E-state index contributed by atoms with van der Waals surface area (Å²) in [5.74, 6) is 1.73. The normalized spacial score (nSPS) is 29.1. The molecule has 2 aliphatic carbocycles. The minimum absolute atomic E-state index is 0.209. The second-order valence-corrected chi connectivity index (χ2v) is 8.73. The van der Waals surface area contributed by atoms with Crippen molar-refractivity contribution in [3.8, 4) is 0 Å². The third-order valence-corrected chi connectivity index (χ3v) is 6.91. The van der Waals surface area contributed by atoms with E-state index < -0.39 is 5.97 Å². The van der Waals surface area contributed by atoms with Crippen LogP contribution in [-0.2, 0) is 4.79 Å². The maximum absolute atomic E-state index is 13.7.